The average molecular weight is 517 g/mol. The maximum Gasteiger partial charge on any atom is 0.161 e. The first-order valence-corrected chi connectivity index (χ1v) is 13.4. The molecular weight excluding hydrogens is 476 g/mol. The highest BCUT2D eigenvalue weighted by molar-refractivity contribution is 5.51. The minimum absolute atomic E-state index is 0.295. The zero-order valence-corrected chi connectivity index (χ0v) is 23.5. The third-order valence-electron chi connectivity index (χ3n) is 8.39. The first-order valence-electron chi connectivity index (χ1n) is 13.4. The Morgan fingerprint density at radius 2 is 1.00 bits per heavy atom. The quantitative estimate of drug-likeness (QED) is 0.407. The summed E-state index contributed by atoms with van der Waals surface area (Å²) < 4.78 is 22.4. The van der Waals surface area contributed by atoms with Gasteiger partial charge in [0.1, 0.15) is 0 Å². The first kappa shape index (κ1) is 26.4. The summed E-state index contributed by atoms with van der Waals surface area (Å²) in [6.07, 6.45) is 3.94. The summed E-state index contributed by atoms with van der Waals surface area (Å²) in [6, 6.07) is 18.4. The van der Waals surface area contributed by atoms with E-state index in [9.17, 15) is 0 Å². The lowest BCUT2D eigenvalue weighted by molar-refractivity contribution is 0.226. The Hall–Kier alpha value is -3.22. The van der Waals surface area contributed by atoms with Crippen LogP contribution in [-0.4, -0.2) is 65.4 Å². The second-order valence-electron chi connectivity index (χ2n) is 10.5. The largest absolute Gasteiger partial charge is 0.493 e. The molecule has 0 aromatic heterocycles. The van der Waals surface area contributed by atoms with Crippen LogP contribution in [0.4, 0.5) is 0 Å². The Morgan fingerprint density at radius 3 is 1.39 bits per heavy atom. The van der Waals surface area contributed by atoms with Crippen molar-refractivity contribution < 1.29 is 18.9 Å². The highest BCUT2D eigenvalue weighted by Gasteiger charge is 2.29. The second-order valence-corrected chi connectivity index (χ2v) is 10.5. The fraction of sp³-hybridized carbons (Fsp3) is 0.438. The summed E-state index contributed by atoms with van der Waals surface area (Å²) in [5, 5.41) is 0. The van der Waals surface area contributed by atoms with Gasteiger partial charge in [0, 0.05) is 25.2 Å². The maximum absolute atomic E-state index is 5.64. The van der Waals surface area contributed by atoms with Gasteiger partial charge in [-0.1, -0.05) is 24.3 Å². The first-order chi connectivity index (χ1) is 18.4. The number of likely N-dealkylation sites (N-methyl/N-ethyl adjacent to an activating group) is 2. The molecule has 202 valence electrons. The summed E-state index contributed by atoms with van der Waals surface area (Å²) in [5.74, 6) is 3.21. The molecule has 2 atom stereocenters. The van der Waals surface area contributed by atoms with E-state index in [0.29, 0.717) is 12.1 Å². The van der Waals surface area contributed by atoms with Crippen LogP contribution in [0.2, 0.25) is 0 Å². The molecule has 3 aromatic rings. The van der Waals surface area contributed by atoms with E-state index in [0.717, 1.165) is 61.8 Å². The van der Waals surface area contributed by atoms with Gasteiger partial charge >= 0.3 is 0 Å². The lowest BCUT2D eigenvalue weighted by atomic mass is 9.86. The Balaban J connectivity index is 1.41. The molecule has 3 aromatic carbocycles. The highest BCUT2D eigenvalue weighted by Crippen LogP contribution is 2.40. The predicted molar refractivity (Wildman–Crippen MR) is 151 cm³/mol. The van der Waals surface area contributed by atoms with Gasteiger partial charge < -0.3 is 18.9 Å². The number of ether oxygens (including phenoxy) is 4. The summed E-state index contributed by atoms with van der Waals surface area (Å²) in [6.45, 7) is 2.06. The van der Waals surface area contributed by atoms with Crippen LogP contribution in [0.15, 0.2) is 48.5 Å². The zero-order chi connectivity index (χ0) is 26.8. The van der Waals surface area contributed by atoms with Gasteiger partial charge in [-0.25, -0.2) is 0 Å². The summed E-state index contributed by atoms with van der Waals surface area (Å²) in [7, 11) is 11.3. The van der Waals surface area contributed by atoms with E-state index < -0.39 is 0 Å². The van der Waals surface area contributed by atoms with E-state index in [2.05, 4.69) is 72.4 Å². The second kappa shape index (κ2) is 11.3. The van der Waals surface area contributed by atoms with Crippen LogP contribution < -0.4 is 18.9 Å². The van der Waals surface area contributed by atoms with Gasteiger partial charge in [-0.05, 0) is 97.4 Å². The molecule has 0 bridgehead atoms. The molecule has 0 fully saturated rings. The molecule has 6 heteroatoms. The smallest absolute Gasteiger partial charge is 0.161 e. The van der Waals surface area contributed by atoms with Gasteiger partial charge in [0.2, 0.25) is 0 Å². The molecule has 0 spiro atoms. The van der Waals surface area contributed by atoms with Crippen molar-refractivity contribution in [2.75, 3.05) is 55.6 Å². The predicted octanol–water partition coefficient (Wildman–Crippen LogP) is 5.26. The van der Waals surface area contributed by atoms with Crippen molar-refractivity contribution in [1.82, 2.24) is 9.80 Å². The van der Waals surface area contributed by atoms with E-state index in [1.54, 1.807) is 28.4 Å². The van der Waals surface area contributed by atoms with Gasteiger partial charge in [0.15, 0.2) is 23.0 Å². The Kier molecular flexibility index (Phi) is 7.82. The highest BCUT2D eigenvalue weighted by atomic mass is 16.5. The van der Waals surface area contributed by atoms with Crippen molar-refractivity contribution in [2.24, 2.45) is 0 Å². The number of hydrogen-bond donors (Lipinski definition) is 0. The maximum atomic E-state index is 5.64. The molecule has 5 rings (SSSR count). The summed E-state index contributed by atoms with van der Waals surface area (Å²) in [5.41, 5.74) is 8.09. The molecule has 2 aliphatic rings. The third kappa shape index (κ3) is 5.07. The van der Waals surface area contributed by atoms with Crippen LogP contribution in [0.1, 0.15) is 45.5 Å². The molecule has 0 amide bonds. The van der Waals surface area contributed by atoms with E-state index in [1.807, 2.05) is 0 Å². The molecule has 2 heterocycles. The van der Waals surface area contributed by atoms with Crippen LogP contribution in [0.3, 0.4) is 0 Å². The van der Waals surface area contributed by atoms with Crippen molar-refractivity contribution in [2.45, 2.75) is 37.8 Å². The van der Waals surface area contributed by atoms with Crippen LogP contribution >= 0.6 is 0 Å². The standard InChI is InChI=1S/C32H40N2O4/c1-33-12-10-23-17-29(35-3)31(37-5)19-25(23)27(33)15-21-8-7-9-22(14-21)16-28-26-20-32(38-6)30(36-4)18-24(26)11-13-34(28)2/h7-9,14,17-20,27-28H,10-13,15-16H2,1-6H3. The number of rotatable bonds is 8. The van der Waals surface area contributed by atoms with Crippen LogP contribution in [0.25, 0.3) is 0 Å². The lowest BCUT2D eigenvalue weighted by Gasteiger charge is -2.36. The van der Waals surface area contributed by atoms with Crippen molar-refractivity contribution in [3.63, 3.8) is 0 Å². The van der Waals surface area contributed by atoms with Gasteiger partial charge in [0.25, 0.3) is 0 Å². The monoisotopic (exact) mass is 516 g/mol. The molecule has 0 radical (unpaired) electrons. The van der Waals surface area contributed by atoms with E-state index in [4.69, 9.17) is 18.9 Å². The van der Waals surface area contributed by atoms with Gasteiger partial charge in [-0.2, -0.15) is 0 Å². The summed E-state index contributed by atoms with van der Waals surface area (Å²) >= 11 is 0. The van der Waals surface area contributed by atoms with Gasteiger partial charge in [-0.3, -0.25) is 9.80 Å². The molecule has 0 saturated heterocycles. The summed E-state index contributed by atoms with van der Waals surface area (Å²) in [4.78, 5) is 4.93. The van der Waals surface area contributed by atoms with Crippen LogP contribution in [0.5, 0.6) is 23.0 Å². The van der Waals surface area contributed by atoms with E-state index >= 15 is 0 Å². The molecular formula is C32H40N2O4. The van der Waals surface area contributed by atoms with Crippen molar-refractivity contribution >= 4 is 0 Å². The minimum atomic E-state index is 0.295. The molecule has 2 unspecified atom stereocenters. The minimum Gasteiger partial charge on any atom is -0.493 e. The van der Waals surface area contributed by atoms with Gasteiger partial charge in [0.05, 0.1) is 28.4 Å². The Labute approximate surface area is 227 Å². The number of nitrogens with zero attached hydrogens (tertiary/aromatic N) is 2. The number of methoxy groups -OCH3 is 4. The fourth-order valence-electron chi connectivity index (χ4n) is 6.17. The Morgan fingerprint density at radius 1 is 0.605 bits per heavy atom. The van der Waals surface area contributed by atoms with Crippen LogP contribution in [-0.2, 0) is 25.7 Å². The van der Waals surface area contributed by atoms with E-state index in [-0.39, 0.29) is 0 Å². The number of fused-ring (bicyclic) bond motifs is 2. The molecule has 38 heavy (non-hydrogen) atoms. The topological polar surface area (TPSA) is 43.4 Å². The fourth-order valence-corrected chi connectivity index (χ4v) is 6.17. The van der Waals surface area contributed by atoms with Gasteiger partial charge in [-0.15, -0.1) is 0 Å². The lowest BCUT2D eigenvalue weighted by Crippen LogP contribution is -2.34. The molecule has 0 saturated carbocycles. The van der Waals surface area contributed by atoms with E-state index in [1.165, 1.54) is 33.4 Å². The number of hydrogen-bond acceptors (Lipinski definition) is 6. The molecule has 0 N–H and O–H groups in total. The van der Waals surface area contributed by atoms with Crippen LogP contribution in [0, 0.1) is 0 Å². The Bertz CT molecular complexity index is 1200. The SMILES string of the molecule is COc1cc2c(cc1OC)C(Cc1cccc(CC3c4cc(OC)c(OC)cc4CCN3C)c1)N(C)CC2. The van der Waals surface area contributed by atoms with Crippen molar-refractivity contribution in [1.29, 1.82) is 0 Å². The third-order valence-corrected chi connectivity index (χ3v) is 8.39. The molecule has 0 aliphatic carbocycles. The number of benzene rings is 3. The zero-order valence-electron chi connectivity index (χ0n) is 23.5. The van der Waals surface area contributed by atoms with Crippen molar-refractivity contribution in [3.8, 4) is 23.0 Å². The average Bonchev–Trinajstić information content (AvgIpc) is 2.94. The molecule has 6 nitrogen and oxygen atoms in total. The molecule has 2 aliphatic heterocycles. The van der Waals surface area contributed by atoms with Crippen molar-refractivity contribution in [3.05, 3.63) is 81.9 Å². The normalized spacial score (nSPS) is 19.4.